The number of ketones is 1. The highest BCUT2D eigenvalue weighted by molar-refractivity contribution is 6.52. The fraction of sp³-hybridized carbons (Fsp3) is 0.192. The van der Waals surface area contributed by atoms with E-state index < -0.39 is 23.5 Å². The third kappa shape index (κ3) is 4.52. The van der Waals surface area contributed by atoms with Crippen LogP contribution in [0, 0.1) is 0 Å². The number of rotatable bonds is 7. The van der Waals surface area contributed by atoms with Gasteiger partial charge in [-0.1, -0.05) is 17.7 Å². The van der Waals surface area contributed by atoms with E-state index in [4.69, 9.17) is 21.1 Å². The number of carbonyl (C=O) groups excluding carboxylic acids is 2. The number of aromatic hydroxyl groups is 1. The molecule has 0 saturated carbocycles. The number of phenolic OH excluding ortho intramolecular Hbond substituents is 1. The van der Waals surface area contributed by atoms with Crippen molar-refractivity contribution in [2.75, 3.05) is 18.1 Å². The molecule has 1 aromatic heterocycles. The Balaban J connectivity index is 1.96. The molecule has 180 valence electrons. The molecule has 8 nitrogen and oxygen atoms in total. The summed E-state index contributed by atoms with van der Waals surface area (Å²) in [7, 11) is 0. The van der Waals surface area contributed by atoms with Crippen molar-refractivity contribution >= 4 is 34.7 Å². The van der Waals surface area contributed by atoms with Gasteiger partial charge in [0.2, 0.25) is 0 Å². The van der Waals surface area contributed by atoms with E-state index in [2.05, 4.69) is 4.98 Å². The zero-order chi connectivity index (χ0) is 25.1. The van der Waals surface area contributed by atoms with Gasteiger partial charge in [-0.05, 0) is 55.8 Å². The predicted octanol–water partition coefficient (Wildman–Crippen LogP) is 4.86. The topological polar surface area (TPSA) is 109 Å². The van der Waals surface area contributed by atoms with Crippen LogP contribution in [0.3, 0.4) is 0 Å². The smallest absolute Gasteiger partial charge is 0.300 e. The largest absolute Gasteiger partial charge is 0.507 e. The molecule has 4 rings (SSSR count). The molecular formula is C26H23ClN2O6. The summed E-state index contributed by atoms with van der Waals surface area (Å²) >= 11 is 6.13. The van der Waals surface area contributed by atoms with E-state index in [9.17, 15) is 19.8 Å². The fourth-order valence-electron chi connectivity index (χ4n) is 4.00. The maximum atomic E-state index is 13.3. The van der Waals surface area contributed by atoms with Gasteiger partial charge in [-0.25, -0.2) is 0 Å². The number of hydrogen-bond acceptors (Lipinski definition) is 7. The van der Waals surface area contributed by atoms with Crippen LogP contribution < -0.4 is 14.4 Å². The zero-order valence-electron chi connectivity index (χ0n) is 19.1. The van der Waals surface area contributed by atoms with E-state index in [1.807, 2.05) is 6.92 Å². The van der Waals surface area contributed by atoms with Gasteiger partial charge in [0, 0.05) is 23.5 Å². The van der Waals surface area contributed by atoms with Crippen molar-refractivity contribution in [1.82, 2.24) is 4.98 Å². The van der Waals surface area contributed by atoms with Crippen LogP contribution in [0.15, 0.2) is 66.5 Å². The Morgan fingerprint density at radius 2 is 1.86 bits per heavy atom. The van der Waals surface area contributed by atoms with Crippen molar-refractivity contribution < 1.29 is 29.3 Å². The van der Waals surface area contributed by atoms with E-state index in [0.717, 1.165) is 4.90 Å². The van der Waals surface area contributed by atoms with E-state index in [-0.39, 0.29) is 33.3 Å². The minimum atomic E-state index is -1.07. The van der Waals surface area contributed by atoms with E-state index in [1.54, 1.807) is 43.5 Å². The Kier molecular flexibility index (Phi) is 6.93. The standard InChI is InChI=1S/C26H23ClN2O6/c1-3-34-17-8-9-18(21(13-17)35-4-2)24(31)22-23(15-6-5-11-28-14-15)29(26(33)25(22)32)19-12-16(27)7-10-20(19)30/h5-14,23,30-31H,3-4H2,1-2H3/b24-22-. The summed E-state index contributed by atoms with van der Waals surface area (Å²) in [5.41, 5.74) is 0.533. The minimum absolute atomic E-state index is 0.0317. The van der Waals surface area contributed by atoms with Crippen molar-refractivity contribution in [2.24, 2.45) is 0 Å². The number of pyridine rings is 1. The average molecular weight is 495 g/mol. The number of Topliss-reactive ketones (excluding diaryl/α,β-unsaturated/α-hetero) is 1. The number of aliphatic hydroxyl groups is 1. The molecule has 35 heavy (non-hydrogen) atoms. The highest BCUT2D eigenvalue weighted by Gasteiger charge is 2.48. The maximum absolute atomic E-state index is 13.3. The molecule has 0 radical (unpaired) electrons. The van der Waals surface area contributed by atoms with Gasteiger partial charge in [-0.2, -0.15) is 0 Å². The summed E-state index contributed by atoms with van der Waals surface area (Å²) < 4.78 is 11.2. The number of anilines is 1. The summed E-state index contributed by atoms with van der Waals surface area (Å²) in [4.78, 5) is 31.8. The Morgan fingerprint density at radius 1 is 1.09 bits per heavy atom. The first kappa shape index (κ1) is 24.1. The Morgan fingerprint density at radius 3 is 2.54 bits per heavy atom. The number of nitrogens with zero attached hydrogens (tertiary/aromatic N) is 2. The van der Waals surface area contributed by atoms with Gasteiger partial charge in [0.1, 0.15) is 23.0 Å². The number of ether oxygens (including phenoxy) is 2. The van der Waals surface area contributed by atoms with Crippen LogP contribution in [0.2, 0.25) is 5.02 Å². The molecule has 2 N–H and O–H groups in total. The minimum Gasteiger partial charge on any atom is -0.507 e. The highest BCUT2D eigenvalue weighted by Crippen LogP contribution is 2.46. The Labute approximate surface area is 207 Å². The molecule has 0 bridgehead atoms. The molecule has 9 heteroatoms. The molecular weight excluding hydrogens is 472 g/mol. The van der Waals surface area contributed by atoms with Gasteiger partial charge >= 0.3 is 0 Å². The van der Waals surface area contributed by atoms with E-state index in [0.29, 0.717) is 24.5 Å². The summed E-state index contributed by atoms with van der Waals surface area (Å²) in [6, 6.07) is 11.2. The van der Waals surface area contributed by atoms with Gasteiger partial charge in [-0.3, -0.25) is 19.5 Å². The third-order valence-corrected chi connectivity index (χ3v) is 5.70. The first-order valence-electron chi connectivity index (χ1n) is 11.0. The van der Waals surface area contributed by atoms with Crippen LogP contribution in [0.25, 0.3) is 5.76 Å². The van der Waals surface area contributed by atoms with Gasteiger partial charge in [0.25, 0.3) is 11.7 Å². The maximum Gasteiger partial charge on any atom is 0.300 e. The molecule has 1 aliphatic heterocycles. The molecule has 1 atom stereocenters. The molecule has 1 unspecified atom stereocenters. The number of amides is 1. The lowest BCUT2D eigenvalue weighted by Gasteiger charge is -2.26. The second-order valence-corrected chi connectivity index (χ2v) is 8.05. The lowest BCUT2D eigenvalue weighted by molar-refractivity contribution is -0.132. The number of aromatic nitrogens is 1. The van der Waals surface area contributed by atoms with E-state index in [1.165, 1.54) is 24.4 Å². The quantitative estimate of drug-likeness (QED) is 0.274. The van der Waals surface area contributed by atoms with Crippen molar-refractivity contribution in [2.45, 2.75) is 19.9 Å². The van der Waals surface area contributed by atoms with Crippen molar-refractivity contribution in [3.63, 3.8) is 0 Å². The summed E-state index contributed by atoms with van der Waals surface area (Å²) in [5.74, 6) is -1.71. The monoisotopic (exact) mass is 494 g/mol. The number of hydrogen-bond donors (Lipinski definition) is 2. The SMILES string of the molecule is CCOc1ccc(/C(O)=C2/C(=O)C(=O)N(c3cc(Cl)ccc3O)C2c2cccnc2)c(OCC)c1. The number of halogens is 1. The lowest BCUT2D eigenvalue weighted by atomic mass is 9.95. The zero-order valence-corrected chi connectivity index (χ0v) is 19.8. The van der Waals surface area contributed by atoms with Crippen LogP contribution in [-0.2, 0) is 9.59 Å². The molecule has 1 fully saturated rings. The first-order chi connectivity index (χ1) is 16.9. The molecule has 0 aliphatic carbocycles. The summed E-state index contributed by atoms with van der Waals surface area (Å²) in [5, 5.41) is 22.2. The van der Waals surface area contributed by atoms with Crippen molar-refractivity contribution in [3.8, 4) is 17.2 Å². The van der Waals surface area contributed by atoms with Gasteiger partial charge in [0.05, 0.1) is 36.1 Å². The fourth-order valence-corrected chi connectivity index (χ4v) is 4.16. The molecule has 1 amide bonds. The molecule has 0 spiro atoms. The molecule has 2 heterocycles. The molecule has 2 aromatic carbocycles. The van der Waals surface area contributed by atoms with E-state index >= 15 is 0 Å². The number of benzene rings is 2. The van der Waals surface area contributed by atoms with Crippen LogP contribution in [0.1, 0.15) is 31.0 Å². The number of aliphatic hydroxyl groups excluding tert-OH is 1. The summed E-state index contributed by atoms with van der Waals surface area (Å²) in [6.07, 6.45) is 3.03. The highest BCUT2D eigenvalue weighted by atomic mass is 35.5. The second kappa shape index (κ2) is 10.1. The normalized spacial score (nSPS) is 17.0. The average Bonchev–Trinajstić information content (AvgIpc) is 3.12. The van der Waals surface area contributed by atoms with Crippen LogP contribution in [-0.4, -0.2) is 40.1 Å². The number of phenols is 1. The van der Waals surface area contributed by atoms with Gasteiger partial charge < -0.3 is 19.7 Å². The van der Waals surface area contributed by atoms with Crippen molar-refractivity contribution in [3.05, 3.63) is 82.6 Å². The van der Waals surface area contributed by atoms with Crippen LogP contribution in [0.4, 0.5) is 5.69 Å². The van der Waals surface area contributed by atoms with Crippen LogP contribution in [0.5, 0.6) is 17.2 Å². The number of carbonyl (C=O) groups is 2. The summed E-state index contributed by atoms with van der Waals surface area (Å²) in [6.45, 7) is 4.36. The van der Waals surface area contributed by atoms with Gasteiger partial charge in [-0.15, -0.1) is 0 Å². The Hall–Kier alpha value is -4.04. The van der Waals surface area contributed by atoms with Crippen LogP contribution >= 0.6 is 11.6 Å². The second-order valence-electron chi connectivity index (χ2n) is 7.61. The van der Waals surface area contributed by atoms with Gasteiger partial charge in [0.15, 0.2) is 0 Å². The molecule has 1 saturated heterocycles. The Bertz CT molecular complexity index is 1310. The third-order valence-electron chi connectivity index (χ3n) is 5.46. The molecule has 1 aliphatic rings. The molecule has 3 aromatic rings. The predicted molar refractivity (Wildman–Crippen MR) is 131 cm³/mol. The van der Waals surface area contributed by atoms with Crippen molar-refractivity contribution in [1.29, 1.82) is 0 Å². The lowest BCUT2D eigenvalue weighted by Crippen LogP contribution is -2.29. The first-order valence-corrected chi connectivity index (χ1v) is 11.3.